The number of unbranched alkanes of at least 4 members (excludes halogenated alkanes) is 7. The van der Waals surface area contributed by atoms with Crippen molar-refractivity contribution in [1.29, 1.82) is 0 Å². The van der Waals surface area contributed by atoms with Crippen molar-refractivity contribution >= 4 is 10.1 Å². The molecule has 0 aliphatic carbocycles. The van der Waals surface area contributed by atoms with E-state index in [1.54, 1.807) is 0 Å². The Kier molecular flexibility index (Phi) is 13.9. The van der Waals surface area contributed by atoms with Crippen molar-refractivity contribution in [2.24, 2.45) is 0 Å². The van der Waals surface area contributed by atoms with E-state index in [9.17, 15) is 8.42 Å². The summed E-state index contributed by atoms with van der Waals surface area (Å²) in [5, 5.41) is 0. The average Bonchev–Trinajstić information content (AvgIpc) is 2.08. The van der Waals surface area contributed by atoms with Crippen LogP contribution in [-0.4, -0.2) is 18.7 Å². The summed E-state index contributed by atoms with van der Waals surface area (Å²) in [4.78, 5) is 0. The summed E-state index contributed by atoms with van der Waals surface area (Å²) < 4.78 is 29.2. The summed E-state index contributed by atoms with van der Waals surface area (Å²) >= 11 is 0. The molecule has 0 radical (unpaired) electrons. The Morgan fingerprint density at radius 1 is 0.867 bits per heavy atom. The van der Waals surface area contributed by atoms with Gasteiger partial charge in [0.2, 0.25) is 0 Å². The largest absolute Gasteiger partial charge is 1.00 e. The van der Waals surface area contributed by atoms with Gasteiger partial charge in [0.05, 0.1) is 5.75 Å². The molecule has 86 valence electrons. The second-order valence-electron chi connectivity index (χ2n) is 3.61. The first-order valence-corrected chi connectivity index (χ1v) is 6.91. The van der Waals surface area contributed by atoms with Gasteiger partial charge in [-0.2, -0.15) is 14.8 Å². The second kappa shape index (κ2) is 11.4. The number of hydrogen-bond acceptors (Lipinski definition) is 2. The van der Waals surface area contributed by atoms with Crippen molar-refractivity contribution in [1.82, 2.24) is 0 Å². The van der Waals surface area contributed by atoms with E-state index in [-0.39, 0.29) is 35.3 Å². The monoisotopic (exact) mass is 244 g/mol. The second-order valence-corrected chi connectivity index (χ2v) is 5.19. The van der Waals surface area contributed by atoms with Gasteiger partial charge in [-0.3, -0.25) is 4.55 Å². The van der Waals surface area contributed by atoms with Crippen LogP contribution >= 0.6 is 0 Å². The predicted octanol–water partition coefficient (Wildman–Crippen LogP) is -0.167. The van der Waals surface area contributed by atoms with Crippen LogP contribution < -0.4 is 29.6 Å². The van der Waals surface area contributed by atoms with E-state index >= 15 is 0 Å². The van der Waals surface area contributed by atoms with Gasteiger partial charge < -0.3 is 6.92 Å². The van der Waals surface area contributed by atoms with E-state index < -0.39 is 10.1 Å². The van der Waals surface area contributed by atoms with Gasteiger partial charge >= 0.3 is 29.6 Å². The van der Waals surface area contributed by atoms with Crippen LogP contribution in [0, 0.1) is 6.92 Å². The molecule has 0 aliphatic rings. The Labute approximate surface area is 116 Å². The van der Waals surface area contributed by atoms with Gasteiger partial charge in [-0.15, -0.1) is 0 Å². The quantitative estimate of drug-likeness (QED) is 0.265. The molecular weight excluding hydrogens is 223 g/mol. The number of rotatable bonds is 9. The molecule has 0 atom stereocenters. The molecule has 0 aromatic rings. The molecule has 1 N–H and O–H groups in total. The molecule has 0 amide bonds. The molecular formula is C10H21NaO3S. The zero-order valence-corrected chi connectivity index (χ0v) is 12.6. The minimum absolute atomic E-state index is 0. The van der Waals surface area contributed by atoms with Gasteiger partial charge in [0.15, 0.2) is 0 Å². The molecule has 0 spiro atoms. The fourth-order valence-corrected chi connectivity index (χ4v) is 1.91. The van der Waals surface area contributed by atoms with E-state index in [1.807, 2.05) is 0 Å². The van der Waals surface area contributed by atoms with E-state index in [0.29, 0.717) is 6.42 Å². The Bertz CT molecular complexity index is 215. The van der Waals surface area contributed by atoms with Gasteiger partial charge in [0.1, 0.15) is 0 Å². The smallest absolute Gasteiger partial charge is 0.343 e. The third kappa shape index (κ3) is 17.5. The molecule has 0 aromatic carbocycles. The summed E-state index contributed by atoms with van der Waals surface area (Å²) in [6.07, 6.45) is 8.31. The minimum Gasteiger partial charge on any atom is -0.343 e. The van der Waals surface area contributed by atoms with Crippen molar-refractivity contribution in [3.8, 4) is 0 Å². The molecule has 0 rings (SSSR count). The molecule has 0 bridgehead atoms. The van der Waals surface area contributed by atoms with Crippen LogP contribution in [-0.2, 0) is 10.1 Å². The van der Waals surface area contributed by atoms with E-state index in [0.717, 1.165) is 25.7 Å². The summed E-state index contributed by atoms with van der Waals surface area (Å²) in [6, 6.07) is 0. The van der Waals surface area contributed by atoms with Gasteiger partial charge in [-0.1, -0.05) is 38.5 Å². The minimum atomic E-state index is -3.73. The third-order valence-electron chi connectivity index (χ3n) is 2.15. The summed E-state index contributed by atoms with van der Waals surface area (Å²) in [6.45, 7) is 3.77. The predicted molar refractivity (Wildman–Crippen MR) is 58.7 cm³/mol. The van der Waals surface area contributed by atoms with Crippen molar-refractivity contribution in [2.45, 2.75) is 51.4 Å². The van der Waals surface area contributed by atoms with Crippen LogP contribution in [0.1, 0.15) is 51.4 Å². The molecule has 0 saturated carbocycles. The Morgan fingerprint density at radius 3 is 1.67 bits per heavy atom. The normalized spacial score (nSPS) is 11.1. The average molecular weight is 244 g/mol. The maximum atomic E-state index is 10.4. The molecule has 0 fully saturated rings. The van der Waals surface area contributed by atoms with Crippen molar-refractivity contribution in [3.05, 3.63) is 6.92 Å². The Balaban J connectivity index is 0. The topological polar surface area (TPSA) is 54.4 Å². The fourth-order valence-electron chi connectivity index (χ4n) is 1.35. The molecule has 0 heterocycles. The first-order valence-electron chi connectivity index (χ1n) is 5.30. The van der Waals surface area contributed by atoms with Crippen LogP contribution in [0.4, 0.5) is 0 Å². The van der Waals surface area contributed by atoms with E-state index in [1.165, 1.54) is 19.3 Å². The fraction of sp³-hybridized carbons (Fsp3) is 0.900. The van der Waals surface area contributed by atoms with Gasteiger partial charge in [-0.25, -0.2) is 0 Å². The van der Waals surface area contributed by atoms with Gasteiger partial charge in [0.25, 0.3) is 10.1 Å². The maximum Gasteiger partial charge on any atom is 1.00 e. The molecule has 0 aromatic heterocycles. The SMILES string of the molecule is [CH2-]CCCCCCCCCS(=O)(=O)O.[Na+]. The number of hydrogen-bond donors (Lipinski definition) is 1. The maximum absolute atomic E-state index is 10.4. The van der Waals surface area contributed by atoms with Crippen molar-refractivity contribution < 1.29 is 42.5 Å². The zero-order chi connectivity index (χ0) is 10.9. The molecule has 0 unspecified atom stereocenters. The van der Waals surface area contributed by atoms with Crippen molar-refractivity contribution in [2.75, 3.05) is 5.75 Å². The van der Waals surface area contributed by atoms with Gasteiger partial charge in [0, 0.05) is 0 Å². The van der Waals surface area contributed by atoms with Crippen LogP contribution in [0.2, 0.25) is 0 Å². The van der Waals surface area contributed by atoms with Crippen molar-refractivity contribution in [3.63, 3.8) is 0 Å². The van der Waals surface area contributed by atoms with Crippen LogP contribution in [0.15, 0.2) is 0 Å². The molecule has 0 saturated heterocycles. The van der Waals surface area contributed by atoms with E-state index in [4.69, 9.17) is 4.55 Å². The van der Waals surface area contributed by atoms with Crippen LogP contribution in [0.25, 0.3) is 0 Å². The first-order chi connectivity index (χ1) is 6.56. The van der Waals surface area contributed by atoms with Gasteiger partial charge in [-0.05, 0) is 6.42 Å². The third-order valence-corrected chi connectivity index (χ3v) is 2.96. The molecule has 3 nitrogen and oxygen atoms in total. The Hall–Kier alpha value is 0.910. The van der Waals surface area contributed by atoms with Crippen LogP contribution in [0.5, 0.6) is 0 Å². The molecule has 15 heavy (non-hydrogen) atoms. The Morgan fingerprint density at radius 2 is 1.27 bits per heavy atom. The summed E-state index contributed by atoms with van der Waals surface area (Å²) in [5.41, 5.74) is 0. The summed E-state index contributed by atoms with van der Waals surface area (Å²) in [5.74, 6) is -0.0914. The standard InChI is InChI=1S/C10H21O3S.Na/c1-2-3-4-5-6-7-8-9-10-14(11,12)13;/h1-10H2,(H,11,12,13);/q-1;+1. The summed E-state index contributed by atoms with van der Waals surface area (Å²) in [7, 11) is -3.73. The molecule has 0 aliphatic heterocycles. The van der Waals surface area contributed by atoms with E-state index in [2.05, 4.69) is 6.92 Å². The van der Waals surface area contributed by atoms with Crippen LogP contribution in [0.3, 0.4) is 0 Å². The first kappa shape index (κ1) is 18.3. The molecule has 5 heteroatoms. The zero-order valence-electron chi connectivity index (χ0n) is 9.74.